The lowest BCUT2D eigenvalue weighted by molar-refractivity contribution is -0.114. The van der Waals surface area contributed by atoms with Crippen LogP contribution in [0, 0.1) is 0 Å². The summed E-state index contributed by atoms with van der Waals surface area (Å²) in [4.78, 5) is 47.3. The first kappa shape index (κ1) is 22.0. The molecule has 3 N–H and O–H groups in total. The van der Waals surface area contributed by atoms with Gasteiger partial charge in [0.1, 0.15) is 5.70 Å². The Balaban J connectivity index is 1.55. The number of pyridine rings is 1. The Bertz CT molecular complexity index is 1260. The van der Waals surface area contributed by atoms with E-state index in [1.807, 2.05) is 24.3 Å². The number of aromatic nitrogens is 1. The second kappa shape index (κ2) is 9.92. The van der Waals surface area contributed by atoms with Crippen LogP contribution in [-0.2, 0) is 9.59 Å². The van der Waals surface area contributed by atoms with Crippen LogP contribution in [-0.4, -0.2) is 33.6 Å². The minimum absolute atomic E-state index is 0.0251. The Kier molecular flexibility index (Phi) is 6.61. The molecule has 1 aromatic heterocycles. The first-order valence-corrected chi connectivity index (χ1v) is 10.9. The highest BCUT2D eigenvalue weighted by Crippen LogP contribution is 2.29. The summed E-state index contributed by atoms with van der Waals surface area (Å²) in [6, 6.07) is 19.2. The normalized spacial score (nSPS) is 14.3. The van der Waals surface area contributed by atoms with Crippen LogP contribution < -0.4 is 16.0 Å². The summed E-state index contributed by atoms with van der Waals surface area (Å²) >= 11 is 1.12. The predicted molar refractivity (Wildman–Crippen MR) is 130 cm³/mol. The van der Waals surface area contributed by atoms with Crippen LogP contribution in [0.4, 0.5) is 11.4 Å². The molecule has 2 heterocycles. The van der Waals surface area contributed by atoms with Gasteiger partial charge in [-0.2, -0.15) is 0 Å². The highest BCUT2D eigenvalue weighted by atomic mass is 32.2. The number of amides is 3. The molecule has 0 fully saturated rings. The molecule has 0 aliphatic carbocycles. The molecule has 0 bridgehead atoms. The summed E-state index contributed by atoms with van der Waals surface area (Å²) < 4.78 is 0. The van der Waals surface area contributed by atoms with Gasteiger partial charge in [-0.05, 0) is 42.0 Å². The largest absolute Gasteiger partial charge is 0.366 e. The fraction of sp³-hybridized carbons (Fsp3) is 0.0417. The number of benzene rings is 2. The Labute approximate surface area is 194 Å². The van der Waals surface area contributed by atoms with Gasteiger partial charge in [0.25, 0.3) is 11.8 Å². The molecule has 9 heteroatoms. The Hall–Kier alpha value is -4.24. The van der Waals surface area contributed by atoms with Crippen LogP contribution >= 0.6 is 11.8 Å². The fourth-order valence-electron chi connectivity index (χ4n) is 3.14. The van der Waals surface area contributed by atoms with Gasteiger partial charge in [-0.15, -0.1) is 0 Å². The van der Waals surface area contributed by atoms with Crippen molar-refractivity contribution in [3.63, 3.8) is 0 Å². The van der Waals surface area contributed by atoms with Crippen molar-refractivity contribution in [3.05, 3.63) is 95.9 Å². The average molecular weight is 458 g/mol. The minimum atomic E-state index is -0.634. The number of carbonyl (C=O) groups excluding carboxylic acids is 3. The number of primary amides is 1. The Morgan fingerprint density at radius 2 is 1.79 bits per heavy atom. The van der Waals surface area contributed by atoms with Gasteiger partial charge in [0.2, 0.25) is 5.91 Å². The molecule has 1 aliphatic heterocycles. The van der Waals surface area contributed by atoms with Crippen LogP contribution in [0.5, 0.6) is 0 Å². The van der Waals surface area contributed by atoms with Gasteiger partial charge < -0.3 is 11.1 Å². The highest BCUT2D eigenvalue weighted by molar-refractivity contribution is 8.14. The van der Waals surface area contributed by atoms with Crippen LogP contribution in [0.3, 0.4) is 0 Å². The van der Waals surface area contributed by atoms with E-state index in [0.29, 0.717) is 16.5 Å². The molecule has 3 aromatic rings. The predicted octanol–water partition coefficient (Wildman–Crippen LogP) is 3.30. The Morgan fingerprint density at radius 1 is 1.03 bits per heavy atom. The van der Waals surface area contributed by atoms with Crippen molar-refractivity contribution in [2.45, 2.75) is 0 Å². The van der Waals surface area contributed by atoms with E-state index >= 15 is 0 Å². The van der Waals surface area contributed by atoms with E-state index < -0.39 is 5.91 Å². The SMILES string of the molecule is NC(=O)c1ccccc1NC(=O)CSC1=N/C(=C\c2cccnc2)C(=O)N1c1ccccc1. The van der Waals surface area contributed by atoms with Crippen molar-refractivity contribution in [3.8, 4) is 0 Å². The number of nitrogens with two attached hydrogens (primary N) is 1. The highest BCUT2D eigenvalue weighted by Gasteiger charge is 2.32. The molecular formula is C24H19N5O3S. The van der Waals surface area contributed by atoms with E-state index in [1.54, 1.807) is 54.9 Å². The Morgan fingerprint density at radius 3 is 2.52 bits per heavy atom. The first-order chi connectivity index (χ1) is 16.0. The number of hydrogen-bond acceptors (Lipinski definition) is 6. The van der Waals surface area contributed by atoms with Crippen LogP contribution in [0.25, 0.3) is 6.08 Å². The standard InChI is InChI=1S/C24H19N5O3S/c25-22(31)18-10-4-5-11-19(18)27-21(30)15-33-24-28-20(13-16-7-6-12-26-14-16)23(32)29(24)17-8-2-1-3-9-17/h1-14H,15H2,(H2,25,31)(H,27,30)/b20-13-. The molecule has 33 heavy (non-hydrogen) atoms. The quantitative estimate of drug-likeness (QED) is 0.551. The lowest BCUT2D eigenvalue weighted by Crippen LogP contribution is -2.31. The van der Waals surface area contributed by atoms with Gasteiger partial charge >= 0.3 is 0 Å². The molecule has 4 rings (SSSR count). The van der Waals surface area contributed by atoms with Crippen LogP contribution in [0.1, 0.15) is 15.9 Å². The molecule has 0 unspecified atom stereocenters. The third kappa shape index (κ3) is 5.16. The number of carbonyl (C=O) groups is 3. The molecular weight excluding hydrogens is 438 g/mol. The number of nitrogens with one attached hydrogen (secondary N) is 1. The molecule has 0 atom stereocenters. The van der Waals surface area contributed by atoms with E-state index in [1.165, 1.54) is 11.0 Å². The second-order valence-electron chi connectivity index (χ2n) is 6.93. The smallest absolute Gasteiger partial charge is 0.283 e. The topological polar surface area (TPSA) is 118 Å². The molecule has 164 valence electrons. The molecule has 2 aromatic carbocycles. The summed E-state index contributed by atoms with van der Waals surface area (Å²) in [7, 11) is 0. The van der Waals surface area contributed by atoms with Crippen molar-refractivity contribution < 1.29 is 14.4 Å². The van der Waals surface area contributed by atoms with Crippen molar-refractivity contribution in [1.82, 2.24) is 4.98 Å². The number of amidine groups is 1. The fourth-order valence-corrected chi connectivity index (χ4v) is 3.95. The number of rotatable bonds is 6. The number of para-hydroxylation sites is 2. The van der Waals surface area contributed by atoms with Crippen molar-refractivity contribution in [2.24, 2.45) is 10.7 Å². The van der Waals surface area contributed by atoms with E-state index in [0.717, 1.165) is 17.3 Å². The van der Waals surface area contributed by atoms with Crippen molar-refractivity contribution >= 4 is 52.1 Å². The number of nitrogens with zero attached hydrogens (tertiary/aromatic N) is 3. The van der Waals surface area contributed by atoms with E-state index in [4.69, 9.17) is 5.73 Å². The van der Waals surface area contributed by atoms with Gasteiger partial charge in [0, 0.05) is 12.4 Å². The maximum absolute atomic E-state index is 13.1. The molecule has 8 nitrogen and oxygen atoms in total. The summed E-state index contributed by atoms with van der Waals surface area (Å²) in [5.41, 5.74) is 7.55. The zero-order chi connectivity index (χ0) is 23.2. The zero-order valence-corrected chi connectivity index (χ0v) is 18.2. The molecule has 0 saturated heterocycles. The van der Waals surface area contributed by atoms with Crippen molar-refractivity contribution in [1.29, 1.82) is 0 Å². The van der Waals surface area contributed by atoms with Gasteiger partial charge in [0.15, 0.2) is 5.17 Å². The van der Waals surface area contributed by atoms with Crippen LogP contribution in [0.15, 0.2) is 89.8 Å². The summed E-state index contributed by atoms with van der Waals surface area (Å²) in [6.07, 6.45) is 4.94. The summed E-state index contributed by atoms with van der Waals surface area (Å²) in [6.45, 7) is 0. The average Bonchev–Trinajstić information content (AvgIpc) is 3.14. The minimum Gasteiger partial charge on any atom is -0.366 e. The number of anilines is 2. The van der Waals surface area contributed by atoms with Gasteiger partial charge in [0.05, 0.1) is 22.7 Å². The van der Waals surface area contributed by atoms with E-state index in [9.17, 15) is 14.4 Å². The first-order valence-electron chi connectivity index (χ1n) is 9.94. The lowest BCUT2D eigenvalue weighted by Gasteiger charge is -2.17. The molecule has 3 amide bonds. The number of thioether (sulfide) groups is 1. The van der Waals surface area contributed by atoms with Crippen LogP contribution in [0.2, 0.25) is 0 Å². The maximum atomic E-state index is 13.1. The maximum Gasteiger partial charge on any atom is 0.283 e. The summed E-state index contributed by atoms with van der Waals surface area (Å²) in [5, 5.41) is 3.07. The van der Waals surface area contributed by atoms with E-state index in [-0.39, 0.29) is 28.8 Å². The van der Waals surface area contributed by atoms with Gasteiger partial charge in [-0.3, -0.25) is 24.3 Å². The van der Waals surface area contributed by atoms with Gasteiger partial charge in [-0.25, -0.2) is 4.99 Å². The third-order valence-corrected chi connectivity index (χ3v) is 5.57. The van der Waals surface area contributed by atoms with Crippen molar-refractivity contribution in [2.75, 3.05) is 16.0 Å². The molecule has 1 aliphatic rings. The molecule has 0 radical (unpaired) electrons. The zero-order valence-electron chi connectivity index (χ0n) is 17.3. The summed E-state index contributed by atoms with van der Waals surface area (Å²) in [5.74, 6) is -1.32. The molecule has 0 spiro atoms. The third-order valence-electron chi connectivity index (χ3n) is 4.63. The number of aliphatic imine (C=N–C) groups is 1. The lowest BCUT2D eigenvalue weighted by atomic mass is 10.1. The number of hydrogen-bond donors (Lipinski definition) is 2. The van der Waals surface area contributed by atoms with Gasteiger partial charge in [-0.1, -0.05) is 48.2 Å². The van der Waals surface area contributed by atoms with E-state index in [2.05, 4.69) is 15.3 Å². The second-order valence-corrected chi connectivity index (χ2v) is 7.88. The molecule has 0 saturated carbocycles. The monoisotopic (exact) mass is 457 g/mol.